The molecule has 24 heavy (non-hydrogen) atoms. The van der Waals surface area contributed by atoms with Crippen LogP contribution in [0.4, 0.5) is 4.39 Å². The summed E-state index contributed by atoms with van der Waals surface area (Å²) in [5, 5.41) is 3.44. The highest BCUT2D eigenvalue weighted by atomic mass is 19.1. The molecule has 2 aromatic rings. The Morgan fingerprint density at radius 3 is 2.62 bits per heavy atom. The van der Waals surface area contributed by atoms with E-state index < -0.39 is 0 Å². The third-order valence-corrected chi connectivity index (χ3v) is 4.58. The Hall–Kier alpha value is -2.04. The van der Waals surface area contributed by atoms with Crippen molar-refractivity contribution in [3.63, 3.8) is 0 Å². The zero-order chi connectivity index (χ0) is 16.8. The number of carbonyl (C=O) groups is 1. The van der Waals surface area contributed by atoms with Crippen molar-refractivity contribution in [3.05, 3.63) is 71.5 Å². The summed E-state index contributed by atoms with van der Waals surface area (Å²) in [6, 6.07) is 16.7. The van der Waals surface area contributed by atoms with Gasteiger partial charge in [0, 0.05) is 44.2 Å². The molecule has 0 saturated carbocycles. The van der Waals surface area contributed by atoms with Gasteiger partial charge in [0.25, 0.3) is 0 Å². The van der Waals surface area contributed by atoms with Crippen LogP contribution in [0.15, 0.2) is 54.6 Å². The molecule has 0 bridgehead atoms. The summed E-state index contributed by atoms with van der Waals surface area (Å²) < 4.78 is 13.0. The van der Waals surface area contributed by atoms with Crippen LogP contribution in [-0.4, -0.2) is 42.9 Å². The first kappa shape index (κ1) is 16.8. The molecule has 1 saturated heterocycles. The normalized spacial score (nSPS) is 18.5. The van der Waals surface area contributed by atoms with Crippen LogP contribution in [0.25, 0.3) is 0 Å². The summed E-state index contributed by atoms with van der Waals surface area (Å²) in [6.07, 6.45) is 1.45. The van der Waals surface area contributed by atoms with Gasteiger partial charge in [-0.1, -0.05) is 30.3 Å². The number of benzene rings is 2. The van der Waals surface area contributed by atoms with Crippen molar-refractivity contribution in [2.24, 2.45) is 0 Å². The van der Waals surface area contributed by atoms with E-state index in [0.29, 0.717) is 18.0 Å². The second-order valence-electron chi connectivity index (χ2n) is 6.26. The van der Waals surface area contributed by atoms with Gasteiger partial charge in [-0.2, -0.15) is 0 Å². The van der Waals surface area contributed by atoms with E-state index in [-0.39, 0.29) is 11.6 Å². The molecule has 1 heterocycles. The van der Waals surface area contributed by atoms with Gasteiger partial charge in [0.1, 0.15) is 5.82 Å². The van der Waals surface area contributed by atoms with Crippen molar-refractivity contribution in [1.29, 1.82) is 0 Å². The number of hydrogen-bond acceptors (Lipinski definition) is 3. The third-order valence-electron chi connectivity index (χ3n) is 4.58. The lowest BCUT2D eigenvalue weighted by Gasteiger charge is -2.36. The largest absolute Gasteiger partial charge is 0.314 e. The van der Waals surface area contributed by atoms with Crippen LogP contribution in [0.3, 0.4) is 0 Å². The van der Waals surface area contributed by atoms with Crippen molar-refractivity contribution in [3.8, 4) is 0 Å². The molecule has 1 aliphatic heterocycles. The molecule has 1 N–H and O–H groups in total. The standard InChI is InChI=1S/C20H23FN2O/c21-18-8-6-17(7-9-18)20(24)10-12-23-13-11-22-15-19(23)14-16-4-2-1-3-5-16/h1-9,19,22H,10-15H2. The predicted octanol–water partition coefficient (Wildman–Crippen LogP) is 2.92. The van der Waals surface area contributed by atoms with E-state index in [1.54, 1.807) is 12.1 Å². The van der Waals surface area contributed by atoms with Gasteiger partial charge in [0.2, 0.25) is 0 Å². The van der Waals surface area contributed by atoms with Crippen LogP contribution in [0.2, 0.25) is 0 Å². The number of hydrogen-bond donors (Lipinski definition) is 1. The quantitative estimate of drug-likeness (QED) is 0.829. The molecule has 3 rings (SSSR count). The van der Waals surface area contributed by atoms with E-state index in [9.17, 15) is 9.18 Å². The van der Waals surface area contributed by atoms with Gasteiger partial charge in [0.05, 0.1) is 0 Å². The Morgan fingerprint density at radius 1 is 1.12 bits per heavy atom. The van der Waals surface area contributed by atoms with Crippen LogP contribution < -0.4 is 5.32 Å². The zero-order valence-corrected chi connectivity index (χ0v) is 13.7. The van der Waals surface area contributed by atoms with Crippen LogP contribution in [0, 0.1) is 5.82 Å². The minimum absolute atomic E-state index is 0.0759. The molecule has 126 valence electrons. The van der Waals surface area contributed by atoms with Gasteiger partial charge in [-0.3, -0.25) is 9.69 Å². The first-order valence-electron chi connectivity index (χ1n) is 8.50. The van der Waals surface area contributed by atoms with Gasteiger partial charge < -0.3 is 5.32 Å². The Bertz CT molecular complexity index is 657. The smallest absolute Gasteiger partial charge is 0.164 e. The maximum absolute atomic E-state index is 13.0. The van der Waals surface area contributed by atoms with E-state index in [0.717, 1.165) is 32.6 Å². The first-order chi connectivity index (χ1) is 11.7. The molecule has 3 nitrogen and oxygen atoms in total. The van der Waals surface area contributed by atoms with Crippen LogP contribution in [-0.2, 0) is 6.42 Å². The third kappa shape index (κ3) is 4.49. The number of piperazine rings is 1. The fourth-order valence-electron chi connectivity index (χ4n) is 3.21. The highest BCUT2D eigenvalue weighted by Crippen LogP contribution is 2.13. The Morgan fingerprint density at radius 2 is 1.88 bits per heavy atom. The molecule has 0 spiro atoms. The van der Waals surface area contributed by atoms with Crippen molar-refractivity contribution in [2.75, 3.05) is 26.2 Å². The minimum Gasteiger partial charge on any atom is -0.314 e. The summed E-state index contributed by atoms with van der Waals surface area (Å²) in [5.74, 6) is -0.233. The van der Waals surface area contributed by atoms with Crippen molar-refractivity contribution >= 4 is 5.78 Å². The van der Waals surface area contributed by atoms with E-state index in [4.69, 9.17) is 0 Å². The van der Waals surface area contributed by atoms with E-state index >= 15 is 0 Å². The number of nitrogens with one attached hydrogen (secondary N) is 1. The molecule has 1 aliphatic rings. The fraction of sp³-hybridized carbons (Fsp3) is 0.350. The second kappa shape index (κ2) is 8.18. The molecular weight excluding hydrogens is 303 g/mol. The lowest BCUT2D eigenvalue weighted by Crippen LogP contribution is -2.52. The van der Waals surface area contributed by atoms with E-state index in [1.165, 1.54) is 17.7 Å². The lowest BCUT2D eigenvalue weighted by molar-refractivity contribution is 0.0935. The number of rotatable bonds is 6. The summed E-state index contributed by atoms with van der Waals surface area (Å²) in [6.45, 7) is 3.60. The predicted molar refractivity (Wildman–Crippen MR) is 93.7 cm³/mol. The molecule has 0 radical (unpaired) electrons. The highest BCUT2D eigenvalue weighted by molar-refractivity contribution is 5.96. The topological polar surface area (TPSA) is 32.3 Å². The summed E-state index contributed by atoms with van der Waals surface area (Å²) in [4.78, 5) is 14.7. The molecule has 0 aliphatic carbocycles. The second-order valence-corrected chi connectivity index (χ2v) is 6.26. The minimum atomic E-state index is -0.309. The number of ketones is 1. The van der Waals surface area contributed by atoms with Gasteiger partial charge in [-0.25, -0.2) is 4.39 Å². The summed E-state index contributed by atoms with van der Waals surface area (Å²) >= 11 is 0. The first-order valence-corrected chi connectivity index (χ1v) is 8.50. The molecule has 0 amide bonds. The van der Waals surface area contributed by atoms with Gasteiger partial charge in [0.15, 0.2) is 5.78 Å². The van der Waals surface area contributed by atoms with Gasteiger partial charge in [-0.15, -0.1) is 0 Å². The Labute approximate surface area is 142 Å². The Kier molecular flexibility index (Phi) is 5.72. The van der Waals surface area contributed by atoms with Crippen molar-refractivity contribution in [1.82, 2.24) is 10.2 Å². The van der Waals surface area contributed by atoms with Crippen LogP contribution in [0.5, 0.6) is 0 Å². The zero-order valence-electron chi connectivity index (χ0n) is 13.7. The Balaban J connectivity index is 1.57. The SMILES string of the molecule is O=C(CCN1CCNCC1Cc1ccccc1)c1ccc(F)cc1. The number of halogens is 1. The maximum Gasteiger partial charge on any atom is 0.164 e. The molecule has 4 heteroatoms. The highest BCUT2D eigenvalue weighted by Gasteiger charge is 2.22. The summed E-state index contributed by atoms with van der Waals surface area (Å²) in [5.41, 5.74) is 1.91. The van der Waals surface area contributed by atoms with Crippen LogP contribution in [0.1, 0.15) is 22.3 Å². The number of Topliss-reactive ketones (excluding diaryl/α,β-unsaturated/α-hetero) is 1. The molecule has 1 fully saturated rings. The van der Waals surface area contributed by atoms with Gasteiger partial charge >= 0.3 is 0 Å². The molecule has 1 atom stereocenters. The van der Waals surface area contributed by atoms with E-state index in [2.05, 4.69) is 34.5 Å². The maximum atomic E-state index is 13.0. The average molecular weight is 326 g/mol. The average Bonchev–Trinajstić information content (AvgIpc) is 2.62. The van der Waals surface area contributed by atoms with Crippen LogP contribution >= 0.6 is 0 Å². The van der Waals surface area contributed by atoms with E-state index in [1.807, 2.05) is 6.07 Å². The number of nitrogens with zero attached hydrogens (tertiary/aromatic N) is 1. The molecule has 1 unspecified atom stereocenters. The monoisotopic (exact) mass is 326 g/mol. The van der Waals surface area contributed by atoms with Crippen molar-refractivity contribution < 1.29 is 9.18 Å². The van der Waals surface area contributed by atoms with Gasteiger partial charge in [-0.05, 0) is 36.2 Å². The fourth-order valence-corrected chi connectivity index (χ4v) is 3.21. The molecular formula is C20H23FN2O. The lowest BCUT2D eigenvalue weighted by atomic mass is 10.0. The summed E-state index contributed by atoms with van der Waals surface area (Å²) in [7, 11) is 0. The molecule has 0 aromatic heterocycles. The molecule has 2 aromatic carbocycles. The number of carbonyl (C=O) groups excluding carboxylic acids is 1. The van der Waals surface area contributed by atoms with Crippen molar-refractivity contribution in [2.45, 2.75) is 18.9 Å².